The SMILES string of the molecule is C=CCN(CCC)C(=O)C(C)(C)N. The van der Waals surface area contributed by atoms with E-state index in [1.165, 1.54) is 0 Å². The van der Waals surface area contributed by atoms with Gasteiger partial charge in [-0.1, -0.05) is 13.0 Å². The number of nitrogens with zero attached hydrogens (tertiary/aromatic N) is 1. The third-order valence-corrected chi connectivity index (χ3v) is 1.68. The first-order valence-electron chi connectivity index (χ1n) is 4.62. The number of hydrogen-bond acceptors (Lipinski definition) is 2. The van der Waals surface area contributed by atoms with Crippen molar-refractivity contribution in [3.63, 3.8) is 0 Å². The van der Waals surface area contributed by atoms with Crippen molar-refractivity contribution >= 4 is 5.91 Å². The molecule has 0 saturated carbocycles. The molecule has 0 heterocycles. The minimum absolute atomic E-state index is 0.0192. The summed E-state index contributed by atoms with van der Waals surface area (Å²) in [4.78, 5) is 13.4. The van der Waals surface area contributed by atoms with Gasteiger partial charge in [-0.25, -0.2) is 0 Å². The highest BCUT2D eigenvalue weighted by molar-refractivity contribution is 5.85. The Balaban J connectivity index is 4.36. The van der Waals surface area contributed by atoms with Crippen LogP contribution >= 0.6 is 0 Å². The van der Waals surface area contributed by atoms with E-state index < -0.39 is 5.54 Å². The van der Waals surface area contributed by atoms with Crippen molar-refractivity contribution in [3.05, 3.63) is 12.7 Å². The van der Waals surface area contributed by atoms with E-state index in [0.29, 0.717) is 6.54 Å². The summed E-state index contributed by atoms with van der Waals surface area (Å²) in [5.41, 5.74) is 4.94. The molecule has 0 spiro atoms. The zero-order valence-electron chi connectivity index (χ0n) is 8.84. The lowest BCUT2D eigenvalue weighted by Crippen LogP contribution is -2.51. The van der Waals surface area contributed by atoms with Gasteiger partial charge in [0.2, 0.25) is 5.91 Å². The first-order chi connectivity index (χ1) is 5.93. The Labute approximate surface area is 80.6 Å². The topological polar surface area (TPSA) is 46.3 Å². The number of rotatable bonds is 5. The van der Waals surface area contributed by atoms with Gasteiger partial charge in [0.05, 0.1) is 5.54 Å². The van der Waals surface area contributed by atoms with Gasteiger partial charge in [-0.3, -0.25) is 4.79 Å². The highest BCUT2D eigenvalue weighted by atomic mass is 16.2. The molecule has 3 heteroatoms. The van der Waals surface area contributed by atoms with Crippen molar-refractivity contribution in [2.24, 2.45) is 5.73 Å². The van der Waals surface area contributed by atoms with Crippen LogP contribution in [0.15, 0.2) is 12.7 Å². The maximum atomic E-state index is 11.7. The van der Waals surface area contributed by atoms with E-state index in [9.17, 15) is 4.79 Å². The first kappa shape index (κ1) is 12.2. The van der Waals surface area contributed by atoms with Crippen molar-refractivity contribution in [1.29, 1.82) is 0 Å². The van der Waals surface area contributed by atoms with Crippen molar-refractivity contribution in [3.8, 4) is 0 Å². The second-order valence-electron chi connectivity index (χ2n) is 3.76. The van der Waals surface area contributed by atoms with Crippen molar-refractivity contribution in [2.75, 3.05) is 13.1 Å². The van der Waals surface area contributed by atoms with E-state index in [2.05, 4.69) is 6.58 Å². The third-order valence-electron chi connectivity index (χ3n) is 1.68. The number of hydrogen-bond donors (Lipinski definition) is 1. The molecule has 0 aromatic carbocycles. The van der Waals surface area contributed by atoms with Crippen LogP contribution in [0, 0.1) is 0 Å². The van der Waals surface area contributed by atoms with Crippen molar-refractivity contribution in [1.82, 2.24) is 4.90 Å². The Hall–Kier alpha value is -0.830. The molecule has 3 nitrogen and oxygen atoms in total. The van der Waals surface area contributed by atoms with Crippen LogP contribution < -0.4 is 5.73 Å². The summed E-state index contributed by atoms with van der Waals surface area (Å²) in [6, 6.07) is 0. The molecule has 0 aromatic heterocycles. The molecule has 0 aliphatic carbocycles. The van der Waals surface area contributed by atoms with E-state index in [0.717, 1.165) is 13.0 Å². The molecule has 0 atom stereocenters. The molecule has 0 bridgehead atoms. The first-order valence-corrected chi connectivity index (χ1v) is 4.62. The molecule has 0 aliphatic rings. The van der Waals surface area contributed by atoms with Crippen LogP contribution in [-0.2, 0) is 4.79 Å². The smallest absolute Gasteiger partial charge is 0.242 e. The highest BCUT2D eigenvalue weighted by Crippen LogP contribution is 2.05. The second kappa shape index (κ2) is 5.02. The zero-order chi connectivity index (χ0) is 10.5. The van der Waals surface area contributed by atoms with E-state index in [-0.39, 0.29) is 5.91 Å². The van der Waals surface area contributed by atoms with E-state index in [1.807, 2.05) is 6.92 Å². The zero-order valence-corrected chi connectivity index (χ0v) is 8.84. The molecular weight excluding hydrogens is 164 g/mol. The van der Waals surface area contributed by atoms with Gasteiger partial charge < -0.3 is 10.6 Å². The van der Waals surface area contributed by atoms with Gasteiger partial charge in [0.1, 0.15) is 0 Å². The third kappa shape index (κ3) is 4.08. The maximum Gasteiger partial charge on any atom is 0.242 e. The number of amides is 1. The van der Waals surface area contributed by atoms with E-state index in [1.54, 1.807) is 24.8 Å². The molecule has 76 valence electrons. The Morgan fingerprint density at radius 1 is 1.62 bits per heavy atom. The number of nitrogens with two attached hydrogens (primary N) is 1. The van der Waals surface area contributed by atoms with Crippen LogP contribution in [0.3, 0.4) is 0 Å². The van der Waals surface area contributed by atoms with Crippen LogP contribution in [0.5, 0.6) is 0 Å². The molecule has 1 amide bonds. The average Bonchev–Trinajstić information content (AvgIpc) is 2.01. The average molecular weight is 184 g/mol. The fourth-order valence-corrected chi connectivity index (χ4v) is 1.11. The summed E-state index contributed by atoms with van der Waals surface area (Å²) in [7, 11) is 0. The van der Waals surface area contributed by atoms with Gasteiger partial charge in [0.15, 0.2) is 0 Å². The largest absolute Gasteiger partial charge is 0.337 e. The molecule has 0 unspecified atom stereocenters. The fourth-order valence-electron chi connectivity index (χ4n) is 1.11. The predicted molar refractivity (Wildman–Crippen MR) is 55.3 cm³/mol. The van der Waals surface area contributed by atoms with Crippen LogP contribution in [0.2, 0.25) is 0 Å². The minimum atomic E-state index is -0.780. The lowest BCUT2D eigenvalue weighted by atomic mass is 10.1. The van der Waals surface area contributed by atoms with Crippen LogP contribution in [0.4, 0.5) is 0 Å². The van der Waals surface area contributed by atoms with Crippen LogP contribution in [0.25, 0.3) is 0 Å². The Kier molecular flexibility index (Phi) is 4.70. The molecule has 0 saturated heterocycles. The standard InChI is InChI=1S/C10H20N2O/c1-5-7-12(8-6-2)9(13)10(3,4)11/h5H,1,6-8,11H2,2-4H3. The lowest BCUT2D eigenvalue weighted by Gasteiger charge is -2.28. The number of carbonyl (C=O) groups is 1. The molecule has 2 N–H and O–H groups in total. The highest BCUT2D eigenvalue weighted by Gasteiger charge is 2.26. The monoisotopic (exact) mass is 184 g/mol. The summed E-state index contributed by atoms with van der Waals surface area (Å²) < 4.78 is 0. The normalized spacial score (nSPS) is 11.1. The molecule has 0 rings (SSSR count). The van der Waals surface area contributed by atoms with Crippen LogP contribution in [0.1, 0.15) is 27.2 Å². The van der Waals surface area contributed by atoms with Crippen LogP contribution in [-0.4, -0.2) is 29.4 Å². The van der Waals surface area contributed by atoms with Gasteiger partial charge >= 0.3 is 0 Å². The van der Waals surface area contributed by atoms with Crippen molar-refractivity contribution in [2.45, 2.75) is 32.7 Å². The molecule has 0 radical (unpaired) electrons. The summed E-state index contributed by atoms with van der Waals surface area (Å²) in [6.07, 6.45) is 2.66. The Bertz CT molecular complexity index is 182. The Morgan fingerprint density at radius 2 is 2.15 bits per heavy atom. The summed E-state index contributed by atoms with van der Waals surface area (Å²) in [5.74, 6) is -0.0192. The summed E-state index contributed by atoms with van der Waals surface area (Å²) in [6.45, 7) is 10.4. The van der Waals surface area contributed by atoms with Gasteiger partial charge in [-0.2, -0.15) is 0 Å². The fraction of sp³-hybridized carbons (Fsp3) is 0.700. The minimum Gasteiger partial charge on any atom is -0.337 e. The molecule has 0 aliphatic heterocycles. The molecule has 0 fully saturated rings. The lowest BCUT2D eigenvalue weighted by molar-refractivity contribution is -0.135. The summed E-state index contributed by atoms with van der Waals surface area (Å²) in [5, 5.41) is 0. The Morgan fingerprint density at radius 3 is 2.46 bits per heavy atom. The maximum absolute atomic E-state index is 11.7. The second-order valence-corrected chi connectivity index (χ2v) is 3.76. The van der Waals surface area contributed by atoms with Gasteiger partial charge in [-0.05, 0) is 20.3 Å². The quantitative estimate of drug-likeness (QED) is 0.651. The molecular formula is C10H20N2O. The summed E-state index contributed by atoms with van der Waals surface area (Å²) >= 11 is 0. The van der Waals surface area contributed by atoms with Gasteiger partial charge in [0, 0.05) is 13.1 Å². The van der Waals surface area contributed by atoms with E-state index >= 15 is 0 Å². The molecule has 13 heavy (non-hydrogen) atoms. The van der Waals surface area contributed by atoms with Gasteiger partial charge in [-0.15, -0.1) is 6.58 Å². The predicted octanol–water partition coefficient (Wildman–Crippen LogP) is 1.15. The number of carbonyl (C=O) groups excluding carboxylic acids is 1. The van der Waals surface area contributed by atoms with Crippen molar-refractivity contribution < 1.29 is 4.79 Å². The van der Waals surface area contributed by atoms with Gasteiger partial charge in [0.25, 0.3) is 0 Å². The molecule has 0 aromatic rings. The van der Waals surface area contributed by atoms with E-state index in [4.69, 9.17) is 5.73 Å².